The third-order valence-electron chi connectivity index (χ3n) is 4.08. The highest BCUT2D eigenvalue weighted by Crippen LogP contribution is 2.35. The summed E-state index contributed by atoms with van der Waals surface area (Å²) in [5, 5.41) is 3.97. The van der Waals surface area contributed by atoms with E-state index in [1.807, 2.05) is 0 Å². The number of hydrogen-bond donors (Lipinski definition) is 0. The molecule has 1 aromatic heterocycles. The van der Waals surface area contributed by atoms with Crippen molar-refractivity contribution in [2.75, 3.05) is 11.9 Å². The van der Waals surface area contributed by atoms with Crippen LogP contribution in [0.15, 0.2) is 54.7 Å². The normalized spacial score (nSPS) is 12.0. The van der Waals surface area contributed by atoms with E-state index in [0.29, 0.717) is 9.70 Å². The molecule has 0 aliphatic rings. The lowest BCUT2D eigenvalue weighted by Crippen LogP contribution is -2.29. The molecule has 1 amide bonds. The van der Waals surface area contributed by atoms with E-state index in [1.54, 1.807) is 0 Å². The van der Waals surface area contributed by atoms with Crippen molar-refractivity contribution < 1.29 is 35.9 Å². The quantitative estimate of drug-likeness (QED) is 0.465. The summed E-state index contributed by atoms with van der Waals surface area (Å²) in [6, 6.07) is 9.59. The van der Waals surface area contributed by atoms with Gasteiger partial charge in [0.15, 0.2) is 5.69 Å². The monoisotopic (exact) mass is 463 g/mol. The molecule has 3 rings (SSSR count). The topological polar surface area (TPSA) is 47.4 Å². The highest BCUT2D eigenvalue weighted by atomic mass is 35.5. The average molecular weight is 464 g/mol. The highest BCUT2D eigenvalue weighted by molar-refractivity contribution is 6.30. The van der Waals surface area contributed by atoms with E-state index in [-0.39, 0.29) is 11.4 Å². The zero-order valence-corrected chi connectivity index (χ0v) is 16.3. The number of hydrogen-bond acceptors (Lipinski definition) is 3. The number of halogens is 7. The second-order valence-electron chi connectivity index (χ2n) is 6.20. The van der Waals surface area contributed by atoms with Gasteiger partial charge in [-0.25, -0.2) is 4.68 Å². The molecule has 3 aromatic rings. The summed E-state index contributed by atoms with van der Waals surface area (Å²) >= 11 is 5.75. The molecule has 12 heteroatoms. The molecule has 0 radical (unpaired) electrons. The third-order valence-corrected chi connectivity index (χ3v) is 4.33. The number of anilines is 1. The molecule has 0 fully saturated rings. The summed E-state index contributed by atoms with van der Waals surface area (Å²) in [5.74, 6) is -1.76. The first-order chi connectivity index (χ1) is 14.4. The molecule has 1 heterocycles. The van der Waals surface area contributed by atoms with Crippen molar-refractivity contribution in [1.29, 1.82) is 0 Å². The lowest BCUT2D eigenvalue weighted by Gasteiger charge is -2.19. The standard InChI is InChI=1S/C19H12ClF6N3O2/c1-28(13-3-2-4-14(9-13)31-19(24,25)26)17(30)15-10-27-29(16(15)18(21,22)23)12-7-5-11(20)6-8-12/h2-10H,1H3. The molecule has 0 unspecified atom stereocenters. The maximum atomic E-state index is 13.8. The minimum absolute atomic E-state index is 0.0130. The van der Waals surface area contributed by atoms with Crippen LogP contribution in [0.5, 0.6) is 5.75 Å². The smallest absolute Gasteiger partial charge is 0.406 e. The summed E-state index contributed by atoms with van der Waals surface area (Å²) in [7, 11) is 1.12. The van der Waals surface area contributed by atoms with Crippen LogP contribution in [-0.4, -0.2) is 29.1 Å². The first kappa shape index (κ1) is 22.5. The first-order valence-corrected chi connectivity index (χ1v) is 8.79. The van der Waals surface area contributed by atoms with E-state index in [0.717, 1.165) is 30.3 Å². The molecular formula is C19H12ClF6N3O2. The van der Waals surface area contributed by atoms with Gasteiger partial charge in [-0.3, -0.25) is 4.79 Å². The Bertz CT molecular complexity index is 1090. The molecule has 0 aliphatic heterocycles. The predicted octanol–water partition coefficient (Wildman–Crippen LogP) is 5.72. The van der Waals surface area contributed by atoms with Crippen molar-refractivity contribution in [2.24, 2.45) is 0 Å². The van der Waals surface area contributed by atoms with Gasteiger partial charge in [-0.05, 0) is 36.4 Å². The number of alkyl halides is 6. The number of rotatable bonds is 4. The van der Waals surface area contributed by atoms with E-state index in [2.05, 4.69) is 9.84 Å². The number of carbonyl (C=O) groups excluding carboxylic acids is 1. The zero-order valence-electron chi connectivity index (χ0n) is 15.5. The lowest BCUT2D eigenvalue weighted by atomic mass is 10.2. The van der Waals surface area contributed by atoms with E-state index in [1.165, 1.54) is 36.4 Å². The van der Waals surface area contributed by atoms with Crippen LogP contribution >= 0.6 is 11.6 Å². The van der Waals surface area contributed by atoms with Crippen molar-refractivity contribution >= 4 is 23.2 Å². The summed E-state index contributed by atoms with van der Waals surface area (Å²) in [6.45, 7) is 0. The van der Waals surface area contributed by atoms with Gasteiger partial charge < -0.3 is 9.64 Å². The van der Waals surface area contributed by atoms with E-state index >= 15 is 0 Å². The Morgan fingerprint density at radius 3 is 2.29 bits per heavy atom. The fourth-order valence-corrected chi connectivity index (χ4v) is 2.87. The summed E-state index contributed by atoms with van der Waals surface area (Å²) in [4.78, 5) is 13.6. The molecule has 0 saturated carbocycles. The average Bonchev–Trinajstić information content (AvgIpc) is 3.12. The van der Waals surface area contributed by atoms with Crippen molar-refractivity contribution in [3.05, 3.63) is 71.0 Å². The van der Waals surface area contributed by atoms with E-state index < -0.39 is 35.5 Å². The molecule has 0 N–H and O–H groups in total. The molecular weight excluding hydrogens is 452 g/mol. The van der Waals surface area contributed by atoms with Gasteiger partial charge in [0.05, 0.1) is 17.4 Å². The Kier molecular flexibility index (Phi) is 5.90. The zero-order chi connectivity index (χ0) is 23.0. The molecule has 0 bridgehead atoms. The van der Waals surface area contributed by atoms with E-state index in [9.17, 15) is 31.1 Å². The molecule has 0 aliphatic carbocycles. The maximum absolute atomic E-state index is 13.8. The number of carbonyl (C=O) groups is 1. The number of ether oxygens (including phenoxy) is 1. The SMILES string of the molecule is CN(C(=O)c1cnn(-c2ccc(Cl)cc2)c1C(F)(F)F)c1cccc(OC(F)(F)F)c1. The fraction of sp³-hybridized carbons (Fsp3) is 0.158. The molecule has 0 saturated heterocycles. The first-order valence-electron chi connectivity index (χ1n) is 8.42. The fourth-order valence-electron chi connectivity index (χ4n) is 2.74. The Morgan fingerprint density at radius 2 is 1.71 bits per heavy atom. The Morgan fingerprint density at radius 1 is 1.06 bits per heavy atom. The van der Waals surface area contributed by atoms with Gasteiger partial charge in [0.1, 0.15) is 5.75 Å². The summed E-state index contributed by atoms with van der Waals surface area (Å²) in [6.07, 6.45) is -9.18. The van der Waals surface area contributed by atoms with Crippen LogP contribution in [-0.2, 0) is 6.18 Å². The Labute approximate surface area is 176 Å². The van der Waals surface area contributed by atoms with Gasteiger partial charge in [-0.15, -0.1) is 13.2 Å². The van der Waals surface area contributed by atoms with Crippen LogP contribution in [0.3, 0.4) is 0 Å². The molecule has 2 aromatic carbocycles. The maximum Gasteiger partial charge on any atom is 0.573 e. The van der Waals surface area contributed by atoms with Crippen LogP contribution in [0, 0.1) is 0 Å². The Balaban J connectivity index is 2.00. The van der Waals surface area contributed by atoms with Gasteiger partial charge in [-0.1, -0.05) is 17.7 Å². The van der Waals surface area contributed by atoms with Gasteiger partial charge in [0.2, 0.25) is 0 Å². The molecule has 0 spiro atoms. The summed E-state index contributed by atoms with van der Waals surface area (Å²) in [5.41, 5.74) is -2.22. The minimum atomic E-state index is -4.97. The lowest BCUT2D eigenvalue weighted by molar-refractivity contribution is -0.274. The van der Waals surface area contributed by atoms with Crippen LogP contribution < -0.4 is 9.64 Å². The van der Waals surface area contributed by atoms with Crippen LogP contribution in [0.2, 0.25) is 5.02 Å². The van der Waals surface area contributed by atoms with Gasteiger partial charge in [-0.2, -0.15) is 18.3 Å². The molecule has 31 heavy (non-hydrogen) atoms. The van der Waals surface area contributed by atoms with Crippen molar-refractivity contribution in [3.8, 4) is 11.4 Å². The van der Waals surface area contributed by atoms with E-state index in [4.69, 9.17) is 11.6 Å². The molecule has 0 atom stereocenters. The third kappa shape index (κ3) is 5.10. The van der Waals surface area contributed by atoms with Crippen LogP contribution in [0.25, 0.3) is 5.69 Å². The number of benzene rings is 2. The van der Waals surface area contributed by atoms with Crippen molar-refractivity contribution in [2.45, 2.75) is 12.5 Å². The van der Waals surface area contributed by atoms with Gasteiger partial charge >= 0.3 is 12.5 Å². The summed E-state index contributed by atoms with van der Waals surface area (Å²) < 4.78 is 82.9. The van der Waals surface area contributed by atoms with Crippen LogP contribution in [0.4, 0.5) is 32.0 Å². The minimum Gasteiger partial charge on any atom is -0.406 e. The van der Waals surface area contributed by atoms with Gasteiger partial charge in [0, 0.05) is 23.8 Å². The highest BCUT2D eigenvalue weighted by Gasteiger charge is 2.41. The number of amides is 1. The van der Waals surface area contributed by atoms with Crippen molar-refractivity contribution in [1.82, 2.24) is 9.78 Å². The molecule has 5 nitrogen and oxygen atoms in total. The van der Waals surface area contributed by atoms with Gasteiger partial charge in [0.25, 0.3) is 5.91 Å². The van der Waals surface area contributed by atoms with Crippen LogP contribution in [0.1, 0.15) is 16.1 Å². The largest absolute Gasteiger partial charge is 0.573 e. The second-order valence-corrected chi connectivity index (χ2v) is 6.64. The van der Waals surface area contributed by atoms with Crippen molar-refractivity contribution in [3.63, 3.8) is 0 Å². The number of nitrogens with zero attached hydrogens (tertiary/aromatic N) is 3. The Hall–Kier alpha value is -3.21. The predicted molar refractivity (Wildman–Crippen MR) is 99.4 cm³/mol. The number of aromatic nitrogens is 2. The second kappa shape index (κ2) is 8.14. The molecule has 164 valence electrons.